The Morgan fingerprint density at radius 2 is 2.12 bits per heavy atom. The van der Waals surface area contributed by atoms with E-state index in [1.54, 1.807) is 6.07 Å². The maximum Gasteiger partial charge on any atom is 0.260 e. The van der Waals surface area contributed by atoms with Crippen molar-refractivity contribution >= 4 is 11.8 Å². The SMILES string of the molecule is CNCCc1cccc2c1CC(=O)N(C)C2=O. The van der Waals surface area contributed by atoms with Crippen LogP contribution >= 0.6 is 0 Å². The summed E-state index contributed by atoms with van der Waals surface area (Å²) in [6.45, 7) is 0.842. The molecule has 1 aromatic carbocycles. The Morgan fingerprint density at radius 3 is 2.82 bits per heavy atom. The minimum Gasteiger partial charge on any atom is -0.319 e. The van der Waals surface area contributed by atoms with Crippen LogP contribution in [0.3, 0.4) is 0 Å². The second kappa shape index (κ2) is 4.67. The quantitative estimate of drug-likeness (QED) is 0.777. The molecule has 90 valence electrons. The number of imide groups is 1. The fourth-order valence-corrected chi connectivity index (χ4v) is 2.10. The number of hydrogen-bond acceptors (Lipinski definition) is 3. The van der Waals surface area contributed by atoms with Gasteiger partial charge in [-0.15, -0.1) is 0 Å². The maximum absolute atomic E-state index is 11.9. The van der Waals surface area contributed by atoms with E-state index in [2.05, 4.69) is 5.32 Å². The third-order valence-corrected chi connectivity index (χ3v) is 3.15. The van der Waals surface area contributed by atoms with E-state index in [4.69, 9.17) is 0 Å². The normalized spacial score (nSPS) is 15.1. The average molecular weight is 232 g/mol. The third-order valence-electron chi connectivity index (χ3n) is 3.15. The molecule has 1 aliphatic rings. The Labute approximate surface area is 101 Å². The van der Waals surface area contributed by atoms with Crippen LogP contribution in [-0.4, -0.2) is 37.4 Å². The van der Waals surface area contributed by atoms with E-state index in [9.17, 15) is 9.59 Å². The molecule has 0 unspecified atom stereocenters. The van der Waals surface area contributed by atoms with Crippen LogP contribution in [0.2, 0.25) is 0 Å². The summed E-state index contributed by atoms with van der Waals surface area (Å²) < 4.78 is 0. The fraction of sp³-hybridized carbons (Fsp3) is 0.385. The van der Waals surface area contributed by atoms with E-state index in [1.807, 2.05) is 19.2 Å². The molecule has 0 aromatic heterocycles. The number of carbonyl (C=O) groups excluding carboxylic acids is 2. The number of likely N-dealkylation sites (N-methyl/N-ethyl adjacent to an activating group) is 2. The molecule has 1 aliphatic heterocycles. The van der Waals surface area contributed by atoms with Gasteiger partial charge in [0, 0.05) is 12.6 Å². The van der Waals surface area contributed by atoms with Crippen molar-refractivity contribution in [1.82, 2.24) is 10.2 Å². The molecule has 17 heavy (non-hydrogen) atoms. The number of nitrogens with one attached hydrogen (secondary N) is 1. The van der Waals surface area contributed by atoms with E-state index in [-0.39, 0.29) is 11.8 Å². The highest BCUT2D eigenvalue weighted by atomic mass is 16.2. The smallest absolute Gasteiger partial charge is 0.260 e. The van der Waals surface area contributed by atoms with Gasteiger partial charge in [-0.05, 0) is 37.2 Å². The van der Waals surface area contributed by atoms with Crippen LogP contribution in [0.15, 0.2) is 18.2 Å². The molecule has 0 saturated heterocycles. The average Bonchev–Trinajstić information content (AvgIpc) is 2.34. The number of carbonyl (C=O) groups is 2. The van der Waals surface area contributed by atoms with Crippen molar-refractivity contribution in [2.24, 2.45) is 0 Å². The van der Waals surface area contributed by atoms with Gasteiger partial charge in [0.1, 0.15) is 0 Å². The van der Waals surface area contributed by atoms with Crippen LogP contribution in [0.1, 0.15) is 21.5 Å². The van der Waals surface area contributed by atoms with Crippen molar-refractivity contribution in [1.29, 1.82) is 0 Å². The zero-order valence-electron chi connectivity index (χ0n) is 10.1. The van der Waals surface area contributed by atoms with Gasteiger partial charge in [-0.1, -0.05) is 12.1 Å². The van der Waals surface area contributed by atoms with E-state index in [0.29, 0.717) is 12.0 Å². The molecule has 1 aromatic rings. The summed E-state index contributed by atoms with van der Waals surface area (Å²) in [5, 5.41) is 3.07. The van der Waals surface area contributed by atoms with Gasteiger partial charge in [-0.3, -0.25) is 14.5 Å². The number of rotatable bonds is 3. The van der Waals surface area contributed by atoms with Gasteiger partial charge in [0.2, 0.25) is 5.91 Å². The van der Waals surface area contributed by atoms with Gasteiger partial charge in [0.15, 0.2) is 0 Å². The summed E-state index contributed by atoms with van der Waals surface area (Å²) in [5.41, 5.74) is 2.66. The number of amides is 2. The molecule has 2 amide bonds. The van der Waals surface area contributed by atoms with Crippen LogP contribution < -0.4 is 5.32 Å². The van der Waals surface area contributed by atoms with Crippen LogP contribution in [0.4, 0.5) is 0 Å². The summed E-state index contributed by atoms with van der Waals surface area (Å²) in [6.07, 6.45) is 1.17. The van der Waals surface area contributed by atoms with Crippen LogP contribution in [0, 0.1) is 0 Å². The Bertz CT molecular complexity index is 468. The molecule has 1 N–H and O–H groups in total. The Morgan fingerprint density at radius 1 is 1.35 bits per heavy atom. The van der Waals surface area contributed by atoms with E-state index >= 15 is 0 Å². The third kappa shape index (κ3) is 2.08. The minimum atomic E-state index is -0.192. The lowest BCUT2D eigenvalue weighted by atomic mass is 9.92. The first-order valence-electron chi connectivity index (χ1n) is 5.71. The highest BCUT2D eigenvalue weighted by molar-refractivity contribution is 6.09. The van der Waals surface area contributed by atoms with Gasteiger partial charge in [-0.2, -0.15) is 0 Å². The first-order chi connectivity index (χ1) is 8.15. The summed E-state index contributed by atoms with van der Waals surface area (Å²) in [6, 6.07) is 5.66. The van der Waals surface area contributed by atoms with Crippen molar-refractivity contribution in [2.45, 2.75) is 12.8 Å². The first kappa shape index (κ1) is 11.8. The second-order valence-corrected chi connectivity index (χ2v) is 4.23. The standard InChI is InChI=1S/C13H16N2O2/c1-14-7-6-9-4-3-5-10-11(9)8-12(16)15(2)13(10)17/h3-5,14H,6-8H2,1-2H3. The monoisotopic (exact) mass is 232 g/mol. The van der Waals surface area contributed by atoms with Gasteiger partial charge in [0.25, 0.3) is 5.91 Å². The molecule has 0 fully saturated rings. The molecule has 4 nitrogen and oxygen atoms in total. The second-order valence-electron chi connectivity index (χ2n) is 4.23. The zero-order valence-corrected chi connectivity index (χ0v) is 10.1. The molecule has 0 spiro atoms. The summed E-state index contributed by atoms with van der Waals surface area (Å²) in [4.78, 5) is 24.8. The lowest BCUT2D eigenvalue weighted by Gasteiger charge is -2.25. The molecule has 0 bridgehead atoms. The Kier molecular flexibility index (Phi) is 3.24. The molecule has 2 rings (SSSR count). The topological polar surface area (TPSA) is 49.4 Å². The molecule has 0 radical (unpaired) electrons. The number of benzene rings is 1. The summed E-state index contributed by atoms with van der Waals surface area (Å²) in [7, 11) is 3.42. The molecule has 0 saturated carbocycles. The predicted octanol–water partition coefficient (Wildman–Crippen LogP) is 0.603. The van der Waals surface area contributed by atoms with E-state index in [0.717, 1.165) is 24.1 Å². The lowest BCUT2D eigenvalue weighted by molar-refractivity contribution is -0.127. The summed E-state index contributed by atoms with van der Waals surface area (Å²) in [5.74, 6) is -0.318. The Balaban J connectivity index is 2.41. The van der Waals surface area contributed by atoms with Crippen LogP contribution in [0.25, 0.3) is 0 Å². The molecular weight excluding hydrogens is 216 g/mol. The molecule has 4 heteroatoms. The number of hydrogen-bond donors (Lipinski definition) is 1. The van der Waals surface area contributed by atoms with E-state index < -0.39 is 0 Å². The minimum absolute atomic E-state index is 0.126. The zero-order chi connectivity index (χ0) is 12.4. The number of nitrogens with zero attached hydrogens (tertiary/aromatic N) is 1. The highest BCUT2D eigenvalue weighted by Crippen LogP contribution is 2.22. The Hall–Kier alpha value is -1.68. The summed E-state index contributed by atoms with van der Waals surface area (Å²) >= 11 is 0. The largest absolute Gasteiger partial charge is 0.319 e. The van der Waals surface area contributed by atoms with Crippen molar-refractivity contribution in [3.8, 4) is 0 Å². The van der Waals surface area contributed by atoms with Crippen LogP contribution in [-0.2, 0) is 17.6 Å². The molecule has 0 aliphatic carbocycles. The van der Waals surface area contributed by atoms with E-state index in [1.165, 1.54) is 11.9 Å². The first-order valence-corrected chi connectivity index (χ1v) is 5.71. The van der Waals surface area contributed by atoms with Gasteiger partial charge in [0.05, 0.1) is 6.42 Å². The van der Waals surface area contributed by atoms with Crippen LogP contribution in [0.5, 0.6) is 0 Å². The van der Waals surface area contributed by atoms with Crippen molar-refractivity contribution in [3.05, 3.63) is 34.9 Å². The van der Waals surface area contributed by atoms with Gasteiger partial charge >= 0.3 is 0 Å². The fourth-order valence-electron chi connectivity index (χ4n) is 2.10. The molecule has 1 heterocycles. The lowest BCUT2D eigenvalue weighted by Crippen LogP contribution is -2.39. The van der Waals surface area contributed by atoms with Gasteiger partial charge in [-0.25, -0.2) is 0 Å². The number of fused-ring (bicyclic) bond motifs is 1. The van der Waals surface area contributed by atoms with Gasteiger partial charge < -0.3 is 5.32 Å². The predicted molar refractivity (Wildman–Crippen MR) is 64.9 cm³/mol. The van der Waals surface area contributed by atoms with Crippen molar-refractivity contribution in [2.75, 3.05) is 20.6 Å². The van der Waals surface area contributed by atoms with Crippen molar-refractivity contribution in [3.63, 3.8) is 0 Å². The van der Waals surface area contributed by atoms with Crippen molar-refractivity contribution < 1.29 is 9.59 Å². The highest BCUT2D eigenvalue weighted by Gasteiger charge is 2.29. The maximum atomic E-state index is 11.9. The molecule has 0 atom stereocenters. The molecular formula is C13H16N2O2.